The predicted molar refractivity (Wildman–Crippen MR) is 124 cm³/mol. The summed E-state index contributed by atoms with van der Waals surface area (Å²) in [5.41, 5.74) is 4.55. The highest BCUT2D eigenvalue weighted by atomic mass is 16.5. The Bertz CT molecular complexity index is 999. The van der Waals surface area contributed by atoms with Crippen molar-refractivity contribution in [2.24, 2.45) is 11.8 Å². The van der Waals surface area contributed by atoms with E-state index in [1.54, 1.807) is 0 Å². The second-order valence-electron chi connectivity index (χ2n) is 9.27. The molecule has 1 unspecified atom stereocenters. The Morgan fingerprint density at radius 2 is 1.58 bits per heavy atom. The van der Waals surface area contributed by atoms with E-state index in [2.05, 4.69) is 43.4 Å². The van der Waals surface area contributed by atoms with E-state index in [0.717, 1.165) is 28.7 Å². The molecular weight excluding hydrogens is 420 g/mol. The molecule has 1 atom stereocenters. The molecule has 1 heterocycles. The minimum Gasteiger partial charge on any atom is -0.481 e. The standard InChI is InChI=1S/C26H30N2O5/c1-16(2)11-12-23(24(29)28-13-17(14-28)25(30)31)27-26(32)33-15-22-20-9-5-3-7-18(20)19-8-4-6-10-21(19)22/h3-10,16-17,22-23H,11-15H2,1-2H3,(H,27,32)(H,30,31). The van der Waals surface area contributed by atoms with Crippen molar-refractivity contribution in [2.75, 3.05) is 19.7 Å². The van der Waals surface area contributed by atoms with Crippen LogP contribution in [0.4, 0.5) is 4.79 Å². The Labute approximate surface area is 193 Å². The van der Waals surface area contributed by atoms with Gasteiger partial charge in [0.2, 0.25) is 5.91 Å². The summed E-state index contributed by atoms with van der Waals surface area (Å²) in [6, 6.07) is 15.5. The van der Waals surface area contributed by atoms with Gasteiger partial charge in [0.1, 0.15) is 12.6 Å². The van der Waals surface area contributed by atoms with Gasteiger partial charge >= 0.3 is 12.1 Å². The van der Waals surface area contributed by atoms with E-state index in [0.29, 0.717) is 12.3 Å². The molecule has 2 N–H and O–H groups in total. The maximum absolute atomic E-state index is 12.9. The van der Waals surface area contributed by atoms with Gasteiger partial charge in [0.25, 0.3) is 0 Å². The molecule has 7 nitrogen and oxygen atoms in total. The summed E-state index contributed by atoms with van der Waals surface area (Å²) >= 11 is 0. The summed E-state index contributed by atoms with van der Waals surface area (Å²) in [5, 5.41) is 11.8. The molecule has 2 aromatic rings. The van der Waals surface area contributed by atoms with Crippen LogP contribution in [0.1, 0.15) is 43.7 Å². The first-order chi connectivity index (χ1) is 15.8. The van der Waals surface area contributed by atoms with Crippen molar-refractivity contribution in [2.45, 2.75) is 38.6 Å². The van der Waals surface area contributed by atoms with Gasteiger partial charge in [0.15, 0.2) is 0 Å². The number of fused-ring (bicyclic) bond motifs is 3. The number of ether oxygens (including phenoxy) is 1. The van der Waals surface area contributed by atoms with Crippen LogP contribution in [0, 0.1) is 11.8 Å². The predicted octanol–water partition coefficient (Wildman–Crippen LogP) is 3.87. The number of hydrogen-bond donors (Lipinski definition) is 2. The third-order valence-electron chi connectivity index (χ3n) is 6.51. The SMILES string of the molecule is CC(C)CCC(NC(=O)OCC1c2ccccc2-c2ccccc21)C(=O)N1CC(C(=O)O)C1. The lowest BCUT2D eigenvalue weighted by atomic mass is 9.97. The van der Waals surface area contributed by atoms with Crippen molar-refractivity contribution < 1.29 is 24.2 Å². The quantitative estimate of drug-likeness (QED) is 0.637. The van der Waals surface area contributed by atoms with Crippen LogP contribution in [0.3, 0.4) is 0 Å². The van der Waals surface area contributed by atoms with Crippen LogP contribution in [0.2, 0.25) is 0 Å². The average Bonchev–Trinajstić information content (AvgIpc) is 3.07. The molecule has 2 aromatic carbocycles. The molecule has 0 saturated carbocycles. The van der Waals surface area contributed by atoms with Gasteiger partial charge in [-0.25, -0.2) is 4.79 Å². The molecule has 2 aliphatic rings. The Morgan fingerprint density at radius 1 is 1.00 bits per heavy atom. The largest absolute Gasteiger partial charge is 0.481 e. The third kappa shape index (κ3) is 4.87. The van der Waals surface area contributed by atoms with Gasteiger partial charge in [0, 0.05) is 19.0 Å². The lowest BCUT2D eigenvalue weighted by molar-refractivity contribution is -0.153. The molecule has 4 rings (SSSR count). The molecule has 7 heteroatoms. The molecular formula is C26H30N2O5. The van der Waals surface area contributed by atoms with Gasteiger partial charge in [-0.1, -0.05) is 62.4 Å². The molecule has 0 radical (unpaired) electrons. The molecule has 1 fully saturated rings. The van der Waals surface area contributed by atoms with Crippen molar-refractivity contribution in [3.8, 4) is 11.1 Å². The molecule has 1 aliphatic carbocycles. The lowest BCUT2D eigenvalue weighted by Gasteiger charge is -2.38. The van der Waals surface area contributed by atoms with Crippen molar-refractivity contribution in [1.82, 2.24) is 10.2 Å². The number of rotatable bonds is 8. The Hall–Kier alpha value is -3.35. The zero-order valence-electron chi connectivity index (χ0n) is 19.0. The van der Waals surface area contributed by atoms with E-state index in [9.17, 15) is 14.4 Å². The smallest absolute Gasteiger partial charge is 0.407 e. The van der Waals surface area contributed by atoms with Gasteiger partial charge in [-0.15, -0.1) is 0 Å². The fraction of sp³-hybridized carbons (Fsp3) is 0.423. The molecule has 0 spiro atoms. The van der Waals surface area contributed by atoms with E-state index >= 15 is 0 Å². The van der Waals surface area contributed by atoms with Crippen LogP contribution in [0.15, 0.2) is 48.5 Å². The van der Waals surface area contributed by atoms with E-state index in [1.807, 2.05) is 24.3 Å². The lowest BCUT2D eigenvalue weighted by Crippen LogP contribution is -2.58. The first-order valence-electron chi connectivity index (χ1n) is 11.5. The highest BCUT2D eigenvalue weighted by Crippen LogP contribution is 2.44. The maximum atomic E-state index is 12.9. The first kappa shape index (κ1) is 22.8. The second-order valence-corrected chi connectivity index (χ2v) is 9.27. The number of alkyl carbamates (subject to hydrolysis) is 1. The summed E-state index contributed by atoms with van der Waals surface area (Å²) < 4.78 is 5.60. The number of carboxylic acid groups (broad SMARTS) is 1. The van der Waals surface area contributed by atoms with Crippen LogP contribution in [0.25, 0.3) is 11.1 Å². The Kier molecular flexibility index (Phi) is 6.67. The molecule has 33 heavy (non-hydrogen) atoms. The highest BCUT2D eigenvalue weighted by Gasteiger charge is 2.39. The van der Waals surface area contributed by atoms with E-state index < -0.39 is 24.0 Å². The molecule has 0 bridgehead atoms. The minimum absolute atomic E-state index is 0.0559. The normalized spacial score (nSPS) is 16.0. The topological polar surface area (TPSA) is 95.9 Å². The number of nitrogens with one attached hydrogen (secondary N) is 1. The van der Waals surface area contributed by atoms with Crippen LogP contribution in [-0.4, -0.2) is 53.7 Å². The van der Waals surface area contributed by atoms with Crippen molar-refractivity contribution in [3.05, 3.63) is 59.7 Å². The molecule has 0 aromatic heterocycles. The number of amides is 2. The van der Waals surface area contributed by atoms with Crippen molar-refractivity contribution in [3.63, 3.8) is 0 Å². The minimum atomic E-state index is -0.901. The number of carbonyl (C=O) groups is 3. The fourth-order valence-electron chi connectivity index (χ4n) is 4.57. The number of aliphatic carboxylic acids is 1. The second kappa shape index (κ2) is 9.65. The van der Waals surface area contributed by atoms with Gasteiger partial charge in [-0.3, -0.25) is 9.59 Å². The fourth-order valence-corrected chi connectivity index (χ4v) is 4.57. The molecule has 2 amide bonds. The third-order valence-corrected chi connectivity index (χ3v) is 6.51. The average molecular weight is 451 g/mol. The maximum Gasteiger partial charge on any atom is 0.407 e. The van der Waals surface area contributed by atoms with Crippen LogP contribution in [-0.2, 0) is 14.3 Å². The molecule has 1 aliphatic heterocycles. The van der Waals surface area contributed by atoms with Crippen LogP contribution in [0.5, 0.6) is 0 Å². The molecule has 1 saturated heterocycles. The van der Waals surface area contributed by atoms with Gasteiger partial charge < -0.3 is 20.1 Å². The number of benzene rings is 2. The van der Waals surface area contributed by atoms with Crippen LogP contribution < -0.4 is 5.32 Å². The van der Waals surface area contributed by atoms with E-state index in [1.165, 1.54) is 4.90 Å². The number of nitrogens with zero attached hydrogens (tertiary/aromatic N) is 1. The van der Waals surface area contributed by atoms with Crippen molar-refractivity contribution >= 4 is 18.0 Å². The number of carboxylic acids is 1. The number of hydrogen-bond acceptors (Lipinski definition) is 4. The summed E-state index contributed by atoms with van der Waals surface area (Å²) in [6.07, 6.45) is 0.611. The van der Waals surface area contributed by atoms with E-state index in [-0.39, 0.29) is 31.5 Å². The van der Waals surface area contributed by atoms with Gasteiger partial charge in [0.05, 0.1) is 5.92 Å². The summed E-state index contributed by atoms with van der Waals surface area (Å²) in [6.45, 7) is 4.64. The summed E-state index contributed by atoms with van der Waals surface area (Å²) in [4.78, 5) is 38.1. The van der Waals surface area contributed by atoms with E-state index in [4.69, 9.17) is 9.84 Å². The Morgan fingerprint density at radius 3 is 2.12 bits per heavy atom. The highest BCUT2D eigenvalue weighted by molar-refractivity contribution is 5.88. The summed E-state index contributed by atoms with van der Waals surface area (Å²) in [7, 11) is 0. The molecule has 174 valence electrons. The number of carbonyl (C=O) groups excluding carboxylic acids is 2. The summed E-state index contributed by atoms with van der Waals surface area (Å²) in [5.74, 6) is -1.37. The van der Waals surface area contributed by atoms with Crippen LogP contribution >= 0.6 is 0 Å². The first-order valence-corrected chi connectivity index (χ1v) is 11.5. The zero-order valence-corrected chi connectivity index (χ0v) is 19.0. The van der Waals surface area contributed by atoms with Gasteiger partial charge in [-0.05, 0) is 41.0 Å². The zero-order chi connectivity index (χ0) is 23.5. The van der Waals surface area contributed by atoms with Gasteiger partial charge in [-0.2, -0.15) is 0 Å². The number of likely N-dealkylation sites (tertiary alicyclic amines) is 1. The monoisotopic (exact) mass is 450 g/mol. The van der Waals surface area contributed by atoms with Crippen molar-refractivity contribution in [1.29, 1.82) is 0 Å². The Balaban J connectivity index is 1.39.